The third kappa shape index (κ3) is 3.45. The van der Waals surface area contributed by atoms with Crippen LogP contribution in [-0.2, 0) is 20.7 Å². The van der Waals surface area contributed by atoms with Crippen molar-refractivity contribution in [2.24, 2.45) is 0 Å². The Labute approximate surface area is 172 Å². The molecule has 0 spiro atoms. The number of ether oxygens (including phenoxy) is 1. The standard InChI is InChI=1S/C24H19F2NO3/c1-30-24(29)23(27-21(28)13-18-19(25)11-6-12-20(18)26)22-16-9-4-2-7-14(16)15-8-3-5-10-17(15)22/h2-12,22-23H,13H2,1H3,(H,27,28)/t23-/m1/s1. The Balaban J connectivity index is 1.69. The fraction of sp³-hybridized carbons (Fsp3) is 0.167. The summed E-state index contributed by atoms with van der Waals surface area (Å²) < 4.78 is 32.9. The van der Waals surface area contributed by atoms with Gasteiger partial charge in [0.05, 0.1) is 13.5 Å². The van der Waals surface area contributed by atoms with E-state index in [0.717, 1.165) is 34.4 Å². The Hall–Kier alpha value is -3.54. The molecule has 1 aliphatic carbocycles. The second-order valence-electron chi connectivity index (χ2n) is 7.10. The van der Waals surface area contributed by atoms with Gasteiger partial charge in [-0.1, -0.05) is 54.6 Å². The Kier molecular flexibility index (Phi) is 5.31. The average Bonchev–Trinajstić information content (AvgIpc) is 3.08. The highest BCUT2D eigenvalue weighted by Crippen LogP contribution is 2.46. The lowest BCUT2D eigenvalue weighted by Crippen LogP contribution is -2.46. The van der Waals surface area contributed by atoms with Gasteiger partial charge in [-0.2, -0.15) is 0 Å². The van der Waals surface area contributed by atoms with E-state index in [2.05, 4.69) is 5.32 Å². The number of benzene rings is 3. The Bertz CT molecular complexity index is 1060. The summed E-state index contributed by atoms with van der Waals surface area (Å²) in [6, 6.07) is 17.6. The third-order valence-electron chi connectivity index (χ3n) is 5.39. The highest BCUT2D eigenvalue weighted by atomic mass is 19.1. The highest BCUT2D eigenvalue weighted by Gasteiger charge is 2.39. The largest absolute Gasteiger partial charge is 0.467 e. The molecule has 1 aliphatic rings. The lowest BCUT2D eigenvalue weighted by atomic mass is 9.89. The van der Waals surface area contributed by atoms with Crippen LogP contribution in [0.1, 0.15) is 22.6 Å². The van der Waals surface area contributed by atoms with Crippen LogP contribution in [0, 0.1) is 11.6 Å². The molecule has 0 unspecified atom stereocenters. The van der Waals surface area contributed by atoms with E-state index >= 15 is 0 Å². The van der Waals surface area contributed by atoms with Gasteiger partial charge >= 0.3 is 5.97 Å². The molecule has 4 rings (SSSR count). The number of fused-ring (bicyclic) bond motifs is 3. The van der Waals surface area contributed by atoms with Crippen LogP contribution in [0.15, 0.2) is 66.7 Å². The van der Waals surface area contributed by atoms with E-state index in [1.807, 2.05) is 48.5 Å². The monoisotopic (exact) mass is 407 g/mol. The van der Waals surface area contributed by atoms with Crippen LogP contribution < -0.4 is 5.32 Å². The second kappa shape index (κ2) is 8.06. The zero-order chi connectivity index (χ0) is 21.3. The zero-order valence-electron chi connectivity index (χ0n) is 16.2. The Morgan fingerprint density at radius 2 is 1.43 bits per heavy atom. The molecule has 1 atom stereocenters. The summed E-state index contributed by atoms with van der Waals surface area (Å²) in [7, 11) is 1.24. The molecule has 3 aromatic carbocycles. The first-order valence-electron chi connectivity index (χ1n) is 9.49. The molecule has 0 saturated carbocycles. The number of halogens is 2. The molecular weight excluding hydrogens is 388 g/mol. The fourth-order valence-corrected chi connectivity index (χ4v) is 4.05. The van der Waals surface area contributed by atoms with Crippen LogP contribution >= 0.6 is 0 Å². The average molecular weight is 407 g/mol. The number of amides is 1. The van der Waals surface area contributed by atoms with E-state index in [1.54, 1.807) is 0 Å². The molecule has 0 aromatic heterocycles. The molecule has 0 aliphatic heterocycles. The molecule has 0 heterocycles. The van der Waals surface area contributed by atoms with Gasteiger partial charge in [-0.15, -0.1) is 0 Å². The van der Waals surface area contributed by atoms with Gasteiger partial charge in [0, 0.05) is 11.5 Å². The van der Waals surface area contributed by atoms with Gasteiger partial charge in [-0.05, 0) is 34.4 Å². The normalized spacial score (nSPS) is 13.3. The van der Waals surface area contributed by atoms with E-state index in [9.17, 15) is 18.4 Å². The first kappa shape index (κ1) is 19.8. The molecule has 3 aromatic rings. The summed E-state index contributed by atoms with van der Waals surface area (Å²) in [6.07, 6.45) is -0.526. The minimum Gasteiger partial charge on any atom is -0.467 e. The van der Waals surface area contributed by atoms with Gasteiger partial charge < -0.3 is 10.1 Å². The van der Waals surface area contributed by atoms with Gasteiger partial charge in [-0.25, -0.2) is 13.6 Å². The van der Waals surface area contributed by atoms with E-state index < -0.39 is 41.9 Å². The topological polar surface area (TPSA) is 55.4 Å². The number of carbonyl (C=O) groups excluding carboxylic acids is 2. The molecule has 0 bridgehead atoms. The number of rotatable bonds is 5. The molecule has 1 N–H and O–H groups in total. The lowest BCUT2D eigenvalue weighted by Gasteiger charge is -2.24. The van der Waals surface area contributed by atoms with Crippen molar-refractivity contribution < 1.29 is 23.1 Å². The lowest BCUT2D eigenvalue weighted by molar-refractivity contribution is -0.145. The zero-order valence-corrected chi connectivity index (χ0v) is 16.2. The number of esters is 1. The number of nitrogens with one attached hydrogen (secondary N) is 1. The number of hydrogen-bond acceptors (Lipinski definition) is 3. The first-order chi connectivity index (χ1) is 14.5. The van der Waals surface area contributed by atoms with E-state index in [-0.39, 0.29) is 5.56 Å². The molecular formula is C24H19F2NO3. The minimum atomic E-state index is -1.04. The van der Waals surface area contributed by atoms with Gasteiger partial charge in [0.25, 0.3) is 0 Å². The summed E-state index contributed by atoms with van der Waals surface area (Å²) in [6.45, 7) is 0. The fourth-order valence-electron chi connectivity index (χ4n) is 4.05. The molecule has 4 nitrogen and oxygen atoms in total. The smallest absolute Gasteiger partial charge is 0.329 e. The van der Waals surface area contributed by atoms with Gasteiger partial charge in [0.1, 0.15) is 17.7 Å². The number of carbonyl (C=O) groups is 2. The first-order valence-corrected chi connectivity index (χ1v) is 9.49. The van der Waals surface area contributed by atoms with Crippen LogP contribution in [0.2, 0.25) is 0 Å². The van der Waals surface area contributed by atoms with Crippen molar-refractivity contribution in [3.8, 4) is 11.1 Å². The summed E-state index contributed by atoms with van der Waals surface area (Å²) in [5.74, 6) is -3.39. The van der Waals surface area contributed by atoms with E-state index in [1.165, 1.54) is 13.2 Å². The van der Waals surface area contributed by atoms with Crippen LogP contribution in [0.5, 0.6) is 0 Å². The van der Waals surface area contributed by atoms with Gasteiger partial charge in [0.2, 0.25) is 5.91 Å². The summed E-state index contributed by atoms with van der Waals surface area (Å²) in [5.41, 5.74) is 3.37. The maximum absolute atomic E-state index is 14.0. The Morgan fingerprint density at radius 3 is 1.97 bits per heavy atom. The molecule has 0 radical (unpaired) electrons. The highest BCUT2D eigenvalue weighted by molar-refractivity contribution is 5.90. The van der Waals surface area contributed by atoms with Crippen LogP contribution in [0.3, 0.4) is 0 Å². The van der Waals surface area contributed by atoms with Crippen LogP contribution in [0.25, 0.3) is 11.1 Å². The SMILES string of the molecule is COC(=O)[C@H](NC(=O)Cc1c(F)cccc1F)C1c2ccccc2-c2ccccc21. The summed E-state index contributed by atoms with van der Waals surface area (Å²) in [4.78, 5) is 25.3. The number of hydrogen-bond donors (Lipinski definition) is 1. The molecule has 30 heavy (non-hydrogen) atoms. The van der Waals surface area contributed by atoms with Crippen molar-refractivity contribution in [1.29, 1.82) is 0 Å². The van der Waals surface area contributed by atoms with Crippen LogP contribution in [-0.4, -0.2) is 25.0 Å². The molecule has 0 fully saturated rings. The predicted molar refractivity (Wildman–Crippen MR) is 108 cm³/mol. The van der Waals surface area contributed by atoms with Crippen molar-refractivity contribution in [2.45, 2.75) is 18.4 Å². The molecule has 152 valence electrons. The predicted octanol–water partition coefficient (Wildman–Crippen LogP) is 3.98. The minimum absolute atomic E-state index is 0.342. The van der Waals surface area contributed by atoms with Crippen molar-refractivity contribution in [3.63, 3.8) is 0 Å². The van der Waals surface area contributed by atoms with Crippen molar-refractivity contribution in [1.82, 2.24) is 5.32 Å². The summed E-state index contributed by atoms with van der Waals surface area (Å²) >= 11 is 0. The third-order valence-corrected chi connectivity index (χ3v) is 5.39. The van der Waals surface area contributed by atoms with Crippen molar-refractivity contribution >= 4 is 11.9 Å². The Morgan fingerprint density at radius 1 is 0.900 bits per heavy atom. The summed E-state index contributed by atoms with van der Waals surface area (Å²) in [5, 5.41) is 2.65. The van der Waals surface area contributed by atoms with Gasteiger partial charge in [-0.3, -0.25) is 4.79 Å². The maximum atomic E-state index is 14.0. The maximum Gasteiger partial charge on any atom is 0.329 e. The quantitative estimate of drug-likeness (QED) is 0.651. The van der Waals surface area contributed by atoms with Crippen molar-refractivity contribution in [3.05, 3.63) is 95.1 Å². The van der Waals surface area contributed by atoms with E-state index in [0.29, 0.717) is 0 Å². The molecule has 0 saturated heterocycles. The molecule has 1 amide bonds. The second-order valence-corrected chi connectivity index (χ2v) is 7.10. The number of methoxy groups -OCH3 is 1. The van der Waals surface area contributed by atoms with E-state index in [4.69, 9.17) is 4.74 Å². The van der Waals surface area contributed by atoms with Gasteiger partial charge in [0.15, 0.2) is 0 Å². The molecule has 6 heteroatoms. The van der Waals surface area contributed by atoms with Crippen molar-refractivity contribution in [2.75, 3.05) is 7.11 Å². The van der Waals surface area contributed by atoms with Crippen LogP contribution in [0.4, 0.5) is 8.78 Å².